The number of aryl methyl sites for hydroxylation is 2. The van der Waals surface area contributed by atoms with Gasteiger partial charge in [-0.15, -0.1) is 0 Å². The number of para-hydroxylation sites is 1. The van der Waals surface area contributed by atoms with E-state index < -0.39 is 0 Å². The zero-order valence-corrected chi connectivity index (χ0v) is 19.8. The first-order valence-electron chi connectivity index (χ1n) is 11.8. The minimum absolute atomic E-state index is 0.0695. The van der Waals surface area contributed by atoms with Crippen LogP contribution in [0.5, 0.6) is 17.2 Å². The highest BCUT2D eigenvalue weighted by Crippen LogP contribution is 2.45. The zero-order chi connectivity index (χ0) is 23.8. The smallest absolute Gasteiger partial charge is 0.132 e. The van der Waals surface area contributed by atoms with Gasteiger partial charge in [-0.05, 0) is 54.8 Å². The van der Waals surface area contributed by atoms with E-state index in [1.54, 1.807) is 6.20 Å². The summed E-state index contributed by atoms with van der Waals surface area (Å²) >= 11 is 0. The van der Waals surface area contributed by atoms with Gasteiger partial charge in [-0.2, -0.15) is 0 Å². The maximum absolute atomic E-state index is 6.26. The van der Waals surface area contributed by atoms with Crippen LogP contribution >= 0.6 is 0 Å². The SMILES string of the molecule is Cc1cc(OCc2cccnc2)cc(C)c1-c1cccc2c1OC[C@H]2Nc1ccc2c(c1)OC[C]2. The minimum atomic E-state index is 0.0695. The van der Waals surface area contributed by atoms with Crippen molar-refractivity contribution in [3.05, 3.63) is 107 Å². The van der Waals surface area contributed by atoms with Gasteiger partial charge in [-0.1, -0.05) is 30.3 Å². The molecule has 6 rings (SSSR count). The number of benzene rings is 3. The van der Waals surface area contributed by atoms with E-state index in [1.165, 1.54) is 5.56 Å². The summed E-state index contributed by atoms with van der Waals surface area (Å²) in [6, 6.07) is 20.8. The van der Waals surface area contributed by atoms with E-state index in [4.69, 9.17) is 14.2 Å². The third kappa shape index (κ3) is 4.18. The molecule has 1 aromatic heterocycles. The Morgan fingerprint density at radius 1 is 1.03 bits per heavy atom. The summed E-state index contributed by atoms with van der Waals surface area (Å²) in [7, 11) is 0. The molecular formula is C30H26N2O3. The molecule has 174 valence electrons. The average Bonchev–Trinajstić information content (AvgIpc) is 3.50. The summed E-state index contributed by atoms with van der Waals surface area (Å²) in [5, 5.41) is 3.62. The molecule has 0 saturated carbocycles. The maximum Gasteiger partial charge on any atom is 0.132 e. The number of nitrogens with zero attached hydrogens (tertiary/aromatic N) is 1. The molecule has 35 heavy (non-hydrogen) atoms. The van der Waals surface area contributed by atoms with Gasteiger partial charge in [0.15, 0.2) is 0 Å². The van der Waals surface area contributed by atoms with Gasteiger partial charge in [-0.25, -0.2) is 0 Å². The molecule has 0 spiro atoms. The van der Waals surface area contributed by atoms with Crippen LogP contribution in [-0.2, 0) is 6.61 Å². The molecule has 2 aliphatic rings. The second kappa shape index (κ2) is 8.99. The van der Waals surface area contributed by atoms with Crippen LogP contribution in [-0.4, -0.2) is 18.2 Å². The van der Waals surface area contributed by atoms with Crippen LogP contribution in [0.1, 0.15) is 33.9 Å². The first-order valence-corrected chi connectivity index (χ1v) is 11.8. The predicted molar refractivity (Wildman–Crippen MR) is 136 cm³/mol. The number of nitrogens with one attached hydrogen (secondary N) is 1. The molecule has 0 unspecified atom stereocenters. The summed E-state index contributed by atoms with van der Waals surface area (Å²) < 4.78 is 18.0. The van der Waals surface area contributed by atoms with Crippen molar-refractivity contribution in [2.24, 2.45) is 0 Å². The first-order chi connectivity index (χ1) is 17.2. The first kappa shape index (κ1) is 21.5. The fraction of sp³-hybridized carbons (Fsp3) is 0.200. The number of fused-ring (bicyclic) bond motifs is 2. The lowest BCUT2D eigenvalue weighted by Crippen LogP contribution is -2.11. The molecule has 0 fully saturated rings. The Balaban J connectivity index is 1.25. The molecule has 5 nitrogen and oxygen atoms in total. The van der Waals surface area contributed by atoms with Gasteiger partial charge < -0.3 is 19.5 Å². The lowest BCUT2D eigenvalue weighted by molar-refractivity contribution is 0.305. The Hall–Kier alpha value is -3.99. The second-order valence-electron chi connectivity index (χ2n) is 8.99. The van der Waals surface area contributed by atoms with Gasteiger partial charge in [0, 0.05) is 46.4 Å². The summed E-state index contributed by atoms with van der Waals surface area (Å²) in [6.07, 6.45) is 6.80. The van der Waals surface area contributed by atoms with E-state index in [0.29, 0.717) is 19.8 Å². The van der Waals surface area contributed by atoms with Crippen molar-refractivity contribution in [1.29, 1.82) is 0 Å². The average molecular weight is 463 g/mol. The molecule has 1 N–H and O–H groups in total. The Morgan fingerprint density at radius 2 is 1.91 bits per heavy atom. The normalized spacial score (nSPS) is 15.7. The van der Waals surface area contributed by atoms with E-state index in [-0.39, 0.29) is 6.04 Å². The van der Waals surface area contributed by atoms with E-state index in [1.807, 2.05) is 30.5 Å². The molecule has 2 radical (unpaired) electrons. The van der Waals surface area contributed by atoms with Crippen LogP contribution in [0.4, 0.5) is 5.69 Å². The topological polar surface area (TPSA) is 52.6 Å². The molecule has 5 heteroatoms. The molecule has 0 aliphatic carbocycles. The van der Waals surface area contributed by atoms with Gasteiger partial charge in [0.1, 0.15) is 37.1 Å². The summed E-state index contributed by atoms with van der Waals surface area (Å²) in [5.41, 5.74) is 8.87. The van der Waals surface area contributed by atoms with Gasteiger partial charge >= 0.3 is 0 Å². The molecule has 2 aliphatic heterocycles. The number of hydrogen-bond donors (Lipinski definition) is 1. The lowest BCUT2D eigenvalue weighted by atomic mass is 9.92. The molecule has 0 bridgehead atoms. The van der Waals surface area contributed by atoms with Crippen molar-refractivity contribution in [3.63, 3.8) is 0 Å². The van der Waals surface area contributed by atoms with Crippen molar-refractivity contribution < 1.29 is 14.2 Å². The molecule has 0 saturated heterocycles. The molecule has 0 amide bonds. The van der Waals surface area contributed by atoms with Crippen LogP contribution < -0.4 is 19.5 Å². The van der Waals surface area contributed by atoms with Crippen LogP contribution in [0.15, 0.2) is 73.1 Å². The highest BCUT2D eigenvalue weighted by molar-refractivity contribution is 5.79. The van der Waals surface area contributed by atoms with Gasteiger partial charge in [0.05, 0.1) is 12.5 Å². The van der Waals surface area contributed by atoms with Crippen LogP contribution in [0, 0.1) is 20.3 Å². The fourth-order valence-corrected chi connectivity index (χ4v) is 4.92. The molecule has 1 atom stereocenters. The van der Waals surface area contributed by atoms with Crippen LogP contribution in [0.3, 0.4) is 0 Å². The Bertz CT molecular complexity index is 1360. The Morgan fingerprint density at radius 3 is 2.74 bits per heavy atom. The third-order valence-electron chi connectivity index (χ3n) is 6.53. The standard InChI is InChI=1S/C30H26N2O3/c1-19-13-24(34-17-21-5-4-11-31-16-21)14-20(2)29(19)26-7-3-6-25-27(18-35-30(25)26)32-23-9-8-22-10-12-33-28(22)15-23/h3-9,11,13-16,27,32H,12,17-18H2,1-2H3/t27-/m1/s1. The zero-order valence-electron chi connectivity index (χ0n) is 19.8. The number of hydrogen-bond acceptors (Lipinski definition) is 5. The Labute approximate surface area is 205 Å². The van der Waals surface area contributed by atoms with Gasteiger partial charge in [0.25, 0.3) is 0 Å². The van der Waals surface area contributed by atoms with Crippen molar-refractivity contribution in [2.75, 3.05) is 18.5 Å². The van der Waals surface area contributed by atoms with E-state index in [0.717, 1.165) is 56.3 Å². The van der Waals surface area contributed by atoms with Crippen molar-refractivity contribution in [1.82, 2.24) is 4.98 Å². The van der Waals surface area contributed by atoms with Gasteiger partial charge in [0.2, 0.25) is 0 Å². The largest absolute Gasteiger partial charge is 0.492 e. The maximum atomic E-state index is 6.26. The molecular weight excluding hydrogens is 436 g/mol. The predicted octanol–water partition coefficient (Wildman–Crippen LogP) is 6.31. The van der Waals surface area contributed by atoms with Crippen molar-refractivity contribution in [3.8, 4) is 28.4 Å². The quantitative estimate of drug-likeness (QED) is 0.364. The number of rotatable bonds is 6. The van der Waals surface area contributed by atoms with Crippen molar-refractivity contribution in [2.45, 2.75) is 26.5 Å². The number of ether oxygens (including phenoxy) is 3. The minimum Gasteiger partial charge on any atom is -0.492 e. The lowest BCUT2D eigenvalue weighted by Gasteiger charge is -2.17. The summed E-state index contributed by atoms with van der Waals surface area (Å²) in [5.74, 6) is 2.67. The fourth-order valence-electron chi connectivity index (χ4n) is 4.92. The van der Waals surface area contributed by atoms with Gasteiger partial charge in [-0.3, -0.25) is 4.98 Å². The van der Waals surface area contributed by atoms with E-state index in [9.17, 15) is 0 Å². The number of pyridine rings is 1. The third-order valence-corrected chi connectivity index (χ3v) is 6.53. The molecule has 3 aromatic carbocycles. The van der Waals surface area contributed by atoms with Crippen LogP contribution in [0.2, 0.25) is 0 Å². The summed E-state index contributed by atoms with van der Waals surface area (Å²) in [4.78, 5) is 4.16. The number of anilines is 1. The molecule has 4 aromatic rings. The van der Waals surface area contributed by atoms with Crippen LogP contribution in [0.25, 0.3) is 11.1 Å². The highest BCUT2D eigenvalue weighted by atomic mass is 16.5. The second-order valence-corrected chi connectivity index (χ2v) is 8.99. The monoisotopic (exact) mass is 462 g/mol. The molecule has 3 heterocycles. The van der Waals surface area contributed by atoms with Crippen molar-refractivity contribution >= 4 is 5.69 Å². The number of aromatic nitrogens is 1. The summed E-state index contributed by atoms with van der Waals surface area (Å²) in [6.45, 7) is 5.84. The van der Waals surface area contributed by atoms with E-state index in [2.05, 4.69) is 67.0 Å². The van der Waals surface area contributed by atoms with E-state index >= 15 is 0 Å². The Kier molecular flexibility index (Phi) is 5.53. The highest BCUT2D eigenvalue weighted by Gasteiger charge is 2.28.